The quantitative estimate of drug-likeness (QED) is 0.430. The molecular formula is C25H23N3O3S. The van der Waals surface area contributed by atoms with Crippen molar-refractivity contribution in [2.75, 3.05) is 20.0 Å². The number of fused-ring (bicyclic) bond motifs is 1. The Hall–Kier alpha value is -3.58. The van der Waals surface area contributed by atoms with Gasteiger partial charge in [-0.25, -0.2) is 4.98 Å². The Balaban J connectivity index is 1.78. The molecule has 1 fully saturated rings. The van der Waals surface area contributed by atoms with Crippen molar-refractivity contribution in [3.8, 4) is 33.9 Å². The molecule has 2 aromatic heterocycles. The summed E-state index contributed by atoms with van der Waals surface area (Å²) in [5, 5.41) is 3.79. The Morgan fingerprint density at radius 3 is 2.53 bits per heavy atom. The maximum absolute atomic E-state index is 12.9. The number of nitrogen functional groups attached to an aromatic ring is 1. The van der Waals surface area contributed by atoms with E-state index in [2.05, 4.69) is 5.32 Å². The summed E-state index contributed by atoms with van der Waals surface area (Å²) in [6, 6.07) is 17.9. The maximum atomic E-state index is 12.9. The Labute approximate surface area is 190 Å². The van der Waals surface area contributed by atoms with E-state index in [4.69, 9.17) is 20.2 Å². The number of nitrogens with zero attached hydrogens (tertiary/aromatic N) is 1. The largest absolute Gasteiger partial charge is 0.493 e. The van der Waals surface area contributed by atoms with E-state index in [1.807, 2.05) is 54.6 Å². The second kappa shape index (κ2) is 8.16. The minimum absolute atomic E-state index is 0.141. The third-order valence-electron chi connectivity index (χ3n) is 5.58. The molecule has 1 saturated carbocycles. The summed E-state index contributed by atoms with van der Waals surface area (Å²) in [6.07, 6.45) is 2.03. The number of benzene rings is 2. The molecule has 0 radical (unpaired) electrons. The highest BCUT2D eigenvalue weighted by molar-refractivity contribution is 7.21. The van der Waals surface area contributed by atoms with Crippen LogP contribution in [0, 0.1) is 0 Å². The molecule has 162 valence electrons. The van der Waals surface area contributed by atoms with E-state index in [1.165, 1.54) is 11.3 Å². The van der Waals surface area contributed by atoms with Gasteiger partial charge in [-0.15, -0.1) is 11.3 Å². The molecule has 0 bridgehead atoms. The lowest BCUT2D eigenvalue weighted by Crippen LogP contribution is -2.25. The third kappa shape index (κ3) is 3.54. The Morgan fingerprint density at radius 1 is 1.06 bits per heavy atom. The highest BCUT2D eigenvalue weighted by atomic mass is 32.1. The van der Waals surface area contributed by atoms with Crippen molar-refractivity contribution < 1.29 is 14.3 Å². The molecule has 2 heterocycles. The molecular weight excluding hydrogens is 422 g/mol. The molecule has 1 aliphatic rings. The van der Waals surface area contributed by atoms with Gasteiger partial charge in [0, 0.05) is 28.1 Å². The van der Waals surface area contributed by atoms with Gasteiger partial charge >= 0.3 is 0 Å². The number of methoxy groups -OCH3 is 2. The molecule has 0 spiro atoms. The molecule has 6 nitrogen and oxygen atoms in total. The lowest BCUT2D eigenvalue weighted by molar-refractivity contribution is 0.0956. The molecule has 4 aromatic rings. The summed E-state index contributed by atoms with van der Waals surface area (Å²) in [5.41, 5.74) is 10.5. The van der Waals surface area contributed by atoms with Gasteiger partial charge in [-0.3, -0.25) is 4.79 Å². The van der Waals surface area contributed by atoms with Crippen LogP contribution in [-0.2, 0) is 0 Å². The van der Waals surface area contributed by atoms with Crippen molar-refractivity contribution in [2.45, 2.75) is 18.9 Å². The van der Waals surface area contributed by atoms with E-state index in [0.717, 1.165) is 40.6 Å². The van der Waals surface area contributed by atoms with Crippen LogP contribution in [0.5, 0.6) is 11.5 Å². The molecule has 3 N–H and O–H groups in total. The SMILES string of the molecule is COc1cccc(-c2cc(-c3ccccc3)nc3sc(C(=O)NC4CC4)c(N)c23)c1OC. The minimum atomic E-state index is -0.141. The second-order valence-corrected chi connectivity index (χ2v) is 8.73. The number of pyridine rings is 1. The summed E-state index contributed by atoms with van der Waals surface area (Å²) in [4.78, 5) is 18.9. The first-order valence-corrected chi connectivity index (χ1v) is 11.2. The number of hydrogen-bond acceptors (Lipinski definition) is 6. The first-order chi connectivity index (χ1) is 15.6. The Morgan fingerprint density at radius 2 is 1.84 bits per heavy atom. The van der Waals surface area contributed by atoms with Gasteiger partial charge in [0.15, 0.2) is 11.5 Å². The number of anilines is 1. The normalized spacial score (nSPS) is 13.2. The van der Waals surface area contributed by atoms with E-state index in [-0.39, 0.29) is 11.9 Å². The van der Waals surface area contributed by atoms with Crippen molar-refractivity contribution in [2.24, 2.45) is 0 Å². The Kier molecular flexibility index (Phi) is 5.19. The molecule has 32 heavy (non-hydrogen) atoms. The standard InChI is InChI=1S/C25H23N3O3S/c1-30-19-10-6-9-16(22(19)31-2)17-13-18(14-7-4-3-5-8-14)28-25-20(17)21(26)23(32-25)24(29)27-15-11-12-15/h3-10,13,15H,11-12,26H2,1-2H3,(H,27,29). The van der Waals surface area contributed by atoms with Crippen LogP contribution in [0.25, 0.3) is 32.6 Å². The van der Waals surface area contributed by atoms with E-state index in [1.54, 1.807) is 14.2 Å². The number of thiophene rings is 1. The zero-order valence-corrected chi connectivity index (χ0v) is 18.7. The number of carbonyl (C=O) groups is 1. The second-order valence-electron chi connectivity index (χ2n) is 7.73. The smallest absolute Gasteiger partial charge is 0.263 e. The van der Waals surface area contributed by atoms with Gasteiger partial charge in [0.2, 0.25) is 0 Å². The van der Waals surface area contributed by atoms with Gasteiger partial charge in [-0.05, 0) is 25.0 Å². The van der Waals surface area contributed by atoms with Crippen molar-refractivity contribution in [3.63, 3.8) is 0 Å². The third-order valence-corrected chi connectivity index (χ3v) is 6.68. The monoisotopic (exact) mass is 445 g/mol. The van der Waals surface area contributed by atoms with Crippen LogP contribution in [0.3, 0.4) is 0 Å². The highest BCUT2D eigenvalue weighted by Gasteiger charge is 2.28. The average molecular weight is 446 g/mol. The molecule has 0 aliphatic heterocycles. The van der Waals surface area contributed by atoms with E-state index in [9.17, 15) is 4.79 Å². The lowest BCUT2D eigenvalue weighted by Gasteiger charge is -2.15. The van der Waals surface area contributed by atoms with Gasteiger partial charge in [0.05, 0.1) is 25.6 Å². The van der Waals surface area contributed by atoms with Crippen molar-refractivity contribution in [1.29, 1.82) is 0 Å². The number of aromatic nitrogens is 1. The van der Waals surface area contributed by atoms with Gasteiger partial charge in [0.1, 0.15) is 9.71 Å². The summed E-state index contributed by atoms with van der Waals surface area (Å²) in [7, 11) is 3.22. The van der Waals surface area contributed by atoms with Crippen LogP contribution in [0.15, 0.2) is 54.6 Å². The lowest BCUT2D eigenvalue weighted by atomic mass is 9.98. The van der Waals surface area contributed by atoms with Crippen molar-refractivity contribution >= 4 is 33.1 Å². The maximum Gasteiger partial charge on any atom is 0.263 e. The number of carbonyl (C=O) groups excluding carboxylic acids is 1. The fourth-order valence-electron chi connectivity index (χ4n) is 3.84. The molecule has 0 atom stereocenters. The van der Waals surface area contributed by atoms with Crippen LogP contribution in [-0.4, -0.2) is 31.2 Å². The van der Waals surface area contributed by atoms with Crippen LogP contribution in [0.4, 0.5) is 5.69 Å². The van der Waals surface area contributed by atoms with Gasteiger partial charge < -0.3 is 20.5 Å². The zero-order chi connectivity index (χ0) is 22.2. The first kappa shape index (κ1) is 20.3. The fourth-order valence-corrected chi connectivity index (χ4v) is 4.86. The van der Waals surface area contributed by atoms with E-state index < -0.39 is 0 Å². The highest BCUT2D eigenvalue weighted by Crippen LogP contribution is 2.46. The number of amides is 1. The van der Waals surface area contributed by atoms with Gasteiger partial charge in [0.25, 0.3) is 5.91 Å². The van der Waals surface area contributed by atoms with Crippen LogP contribution in [0.1, 0.15) is 22.5 Å². The minimum Gasteiger partial charge on any atom is -0.493 e. The number of para-hydroxylation sites is 1. The van der Waals surface area contributed by atoms with Gasteiger partial charge in [-0.2, -0.15) is 0 Å². The number of nitrogens with one attached hydrogen (secondary N) is 1. The molecule has 0 saturated heterocycles. The summed E-state index contributed by atoms with van der Waals surface area (Å²) in [5.74, 6) is 1.09. The topological polar surface area (TPSA) is 86.5 Å². The van der Waals surface area contributed by atoms with E-state index >= 15 is 0 Å². The summed E-state index contributed by atoms with van der Waals surface area (Å²) < 4.78 is 11.2. The Bertz CT molecular complexity index is 1310. The molecule has 1 aliphatic carbocycles. The van der Waals surface area contributed by atoms with Crippen LogP contribution in [0.2, 0.25) is 0 Å². The van der Waals surface area contributed by atoms with E-state index in [0.29, 0.717) is 26.9 Å². The number of ether oxygens (including phenoxy) is 2. The zero-order valence-electron chi connectivity index (χ0n) is 17.8. The van der Waals surface area contributed by atoms with Crippen molar-refractivity contribution in [1.82, 2.24) is 10.3 Å². The van der Waals surface area contributed by atoms with Crippen molar-refractivity contribution in [3.05, 3.63) is 59.5 Å². The average Bonchev–Trinajstić information content (AvgIpc) is 3.58. The van der Waals surface area contributed by atoms with Crippen LogP contribution >= 0.6 is 11.3 Å². The fraction of sp³-hybridized carbons (Fsp3) is 0.200. The molecule has 2 aromatic carbocycles. The summed E-state index contributed by atoms with van der Waals surface area (Å²) in [6.45, 7) is 0. The summed E-state index contributed by atoms with van der Waals surface area (Å²) >= 11 is 1.32. The predicted molar refractivity (Wildman–Crippen MR) is 128 cm³/mol. The molecule has 0 unspecified atom stereocenters. The molecule has 5 rings (SSSR count). The first-order valence-electron chi connectivity index (χ1n) is 10.4. The number of hydrogen-bond donors (Lipinski definition) is 2. The molecule has 1 amide bonds. The predicted octanol–water partition coefficient (Wildman–Crippen LogP) is 5.12. The molecule has 7 heteroatoms. The number of rotatable bonds is 6. The number of nitrogens with two attached hydrogens (primary N) is 1. The van der Waals surface area contributed by atoms with Gasteiger partial charge in [-0.1, -0.05) is 42.5 Å². The van der Waals surface area contributed by atoms with Crippen LogP contribution < -0.4 is 20.5 Å².